The second-order valence-electron chi connectivity index (χ2n) is 9.47. The number of fused-ring (bicyclic) bond motifs is 2. The maximum absolute atomic E-state index is 13.5. The van der Waals surface area contributed by atoms with Gasteiger partial charge in [-0.3, -0.25) is 14.2 Å². The number of rotatable bonds is 7. The van der Waals surface area contributed by atoms with Gasteiger partial charge >= 0.3 is 5.69 Å². The van der Waals surface area contributed by atoms with Crippen molar-refractivity contribution in [1.29, 1.82) is 0 Å². The highest BCUT2D eigenvalue weighted by molar-refractivity contribution is 5.77. The van der Waals surface area contributed by atoms with Gasteiger partial charge in [-0.1, -0.05) is 48.5 Å². The van der Waals surface area contributed by atoms with Crippen molar-refractivity contribution in [3.05, 3.63) is 98.0 Å². The molecule has 36 heavy (non-hydrogen) atoms. The molecule has 2 aromatic carbocycles. The quantitative estimate of drug-likeness (QED) is 0.435. The molecule has 186 valence electrons. The van der Waals surface area contributed by atoms with Gasteiger partial charge in [0.15, 0.2) is 11.2 Å². The molecule has 0 bridgehead atoms. The summed E-state index contributed by atoms with van der Waals surface area (Å²) in [5, 5.41) is 2.98. The van der Waals surface area contributed by atoms with Crippen molar-refractivity contribution in [3.63, 3.8) is 0 Å². The van der Waals surface area contributed by atoms with Gasteiger partial charge in [-0.2, -0.15) is 0 Å². The molecule has 1 atom stereocenters. The van der Waals surface area contributed by atoms with Gasteiger partial charge in [0.05, 0.1) is 18.9 Å². The lowest BCUT2D eigenvalue weighted by molar-refractivity contribution is -0.122. The molecule has 1 aliphatic carbocycles. The summed E-state index contributed by atoms with van der Waals surface area (Å²) in [6.45, 7) is 4.26. The zero-order chi connectivity index (χ0) is 25.2. The van der Waals surface area contributed by atoms with Crippen molar-refractivity contribution in [1.82, 2.24) is 24.0 Å². The number of aromatic nitrogens is 4. The van der Waals surface area contributed by atoms with Crippen LogP contribution in [0.2, 0.25) is 0 Å². The van der Waals surface area contributed by atoms with E-state index in [0.29, 0.717) is 17.7 Å². The number of carbonyl (C=O) groups excluding carboxylic acids is 1. The van der Waals surface area contributed by atoms with Crippen molar-refractivity contribution >= 4 is 17.1 Å². The van der Waals surface area contributed by atoms with Crippen LogP contribution in [0, 0.1) is 0 Å². The topological polar surface area (TPSA) is 90.9 Å². The molecule has 2 heterocycles. The van der Waals surface area contributed by atoms with Gasteiger partial charge in [-0.25, -0.2) is 14.3 Å². The first-order chi connectivity index (χ1) is 17.5. The molecular weight excluding hydrogens is 454 g/mol. The van der Waals surface area contributed by atoms with E-state index in [2.05, 4.69) is 28.5 Å². The maximum Gasteiger partial charge on any atom is 0.333 e. The van der Waals surface area contributed by atoms with Crippen molar-refractivity contribution in [2.24, 2.45) is 0 Å². The molecule has 0 unspecified atom stereocenters. The molecule has 2 aromatic heterocycles. The van der Waals surface area contributed by atoms with E-state index in [1.54, 1.807) is 10.9 Å². The fourth-order valence-corrected chi connectivity index (χ4v) is 5.06. The molecule has 4 aromatic rings. The summed E-state index contributed by atoms with van der Waals surface area (Å²) in [4.78, 5) is 44.2. The number of hydrogen-bond donors (Lipinski definition) is 1. The van der Waals surface area contributed by atoms with E-state index in [-0.39, 0.29) is 25.0 Å². The molecule has 0 spiro atoms. The van der Waals surface area contributed by atoms with Crippen LogP contribution in [0.3, 0.4) is 0 Å². The summed E-state index contributed by atoms with van der Waals surface area (Å²) >= 11 is 0. The Balaban J connectivity index is 1.45. The van der Waals surface area contributed by atoms with Crippen molar-refractivity contribution in [2.75, 3.05) is 0 Å². The molecule has 1 amide bonds. The van der Waals surface area contributed by atoms with Crippen LogP contribution in [0.1, 0.15) is 55.0 Å². The second kappa shape index (κ2) is 9.97. The van der Waals surface area contributed by atoms with Crippen LogP contribution in [-0.4, -0.2) is 24.6 Å². The Morgan fingerprint density at radius 1 is 1.03 bits per heavy atom. The first-order valence-corrected chi connectivity index (χ1v) is 12.6. The summed E-state index contributed by atoms with van der Waals surface area (Å²) in [7, 11) is 0. The average molecular weight is 486 g/mol. The van der Waals surface area contributed by atoms with Crippen LogP contribution < -0.4 is 16.6 Å². The first-order valence-electron chi connectivity index (χ1n) is 12.6. The van der Waals surface area contributed by atoms with E-state index in [4.69, 9.17) is 0 Å². The van der Waals surface area contributed by atoms with Gasteiger partial charge in [0, 0.05) is 6.54 Å². The minimum atomic E-state index is -0.547. The fraction of sp³-hybridized carbons (Fsp3) is 0.357. The summed E-state index contributed by atoms with van der Waals surface area (Å²) in [5.41, 5.74) is 4.26. The Morgan fingerprint density at radius 3 is 2.53 bits per heavy atom. The Kier molecular flexibility index (Phi) is 6.59. The van der Waals surface area contributed by atoms with E-state index >= 15 is 0 Å². The normalized spacial score (nSPS) is 13.9. The molecule has 0 aliphatic heterocycles. The summed E-state index contributed by atoms with van der Waals surface area (Å²) < 4.78 is 4.20. The molecule has 5 rings (SSSR count). The molecular formula is C28H31N5O3. The third kappa shape index (κ3) is 4.51. The molecule has 8 heteroatoms. The van der Waals surface area contributed by atoms with E-state index in [9.17, 15) is 14.4 Å². The van der Waals surface area contributed by atoms with Gasteiger partial charge in [0.1, 0.15) is 6.54 Å². The standard InChI is InChI=1S/C28H31N5O3/c1-3-31-18-29-26-25(31)27(35)33(28(36)32(26)16-20-9-5-4-6-10-20)17-24(34)30-19(2)22-14-13-21-11-7-8-12-23(21)15-22/h4-6,9-10,13-15,18-19H,3,7-8,11-12,16-17H2,1-2H3,(H,30,34)/t19-/m0/s1. The smallest absolute Gasteiger partial charge is 0.333 e. The van der Waals surface area contributed by atoms with E-state index in [1.807, 2.05) is 44.2 Å². The predicted molar refractivity (Wildman–Crippen MR) is 139 cm³/mol. The highest BCUT2D eigenvalue weighted by atomic mass is 16.2. The van der Waals surface area contributed by atoms with Crippen LogP contribution in [0.5, 0.6) is 0 Å². The van der Waals surface area contributed by atoms with Crippen LogP contribution in [-0.2, 0) is 37.3 Å². The lowest BCUT2D eigenvalue weighted by atomic mass is 9.89. The van der Waals surface area contributed by atoms with Gasteiger partial charge in [-0.05, 0) is 61.8 Å². The molecule has 8 nitrogen and oxygen atoms in total. The third-order valence-electron chi connectivity index (χ3n) is 7.06. The van der Waals surface area contributed by atoms with Crippen molar-refractivity contribution < 1.29 is 4.79 Å². The van der Waals surface area contributed by atoms with Gasteiger partial charge < -0.3 is 9.88 Å². The van der Waals surface area contributed by atoms with Crippen LogP contribution in [0.25, 0.3) is 11.2 Å². The predicted octanol–water partition coefficient (Wildman–Crippen LogP) is 3.18. The molecule has 0 saturated carbocycles. The molecule has 0 radical (unpaired) electrons. The van der Waals surface area contributed by atoms with Crippen LogP contribution in [0.15, 0.2) is 64.4 Å². The highest BCUT2D eigenvalue weighted by Crippen LogP contribution is 2.24. The number of nitrogens with one attached hydrogen (secondary N) is 1. The zero-order valence-corrected chi connectivity index (χ0v) is 20.7. The van der Waals surface area contributed by atoms with Crippen molar-refractivity contribution in [2.45, 2.75) is 65.2 Å². The lowest BCUT2D eigenvalue weighted by Crippen LogP contribution is -2.44. The summed E-state index contributed by atoms with van der Waals surface area (Å²) in [5.74, 6) is -0.382. The summed E-state index contributed by atoms with van der Waals surface area (Å²) in [6.07, 6.45) is 6.13. The number of imidazole rings is 1. The van der Waals surface area contributed by atoms with Crippen LogP contribution in [0.4, 0.5) is 0 Å². The second-order valence-corrected chi connectivity index (χ2v) is 9.47. The molecule has 0 fully saturated rings. The number of hydrogen-bond acceptors (Lipinski definition) is 4. The van der Waals surface area contributed by atoms with Crippen LogP contribution >= 0.6 is 0 Å². The minimum absolute atomic E-state index is 0.239. The Hall–Kier alpha value is -3.94. The van der Waals surface area contributed by atoms with Gasteiger partial charge in [0.25, 0.3) is 5.56 Å². The highest BCUT2D eigenvalue weighted by Gasteiger charge is 2.21. The monoisotopic (exact) mass is 485 g/mol. The number of nitrogens with zero attached hydrogens (tertiary/aromatic N) is 4. The Morgan fingerprint density at radius 2 is 1.78 bits per heavy atom. The Labute approximate surface area is 209 Å². The zero-order valence-electron chi connectivity index (χ0n) is 20.7. The van der Waals surface area contributed by atoms with E-state index in [0.717, 1.165) is 28.5 Å². The van der Waals surface area contributed by atoms with Gasteiger partial charge in [-0.15, -0.1) is 0 Å². The lowest BCUT2D eigenvalue weighted by Gasteiger charge is -2.20. The largest absolute Gasteiger partial charge is 0.348 e. The fourth-order valence-electron chi connectivity index (χ4n) is 5.06. The van der Waals surface area contributed by atoms with Gasteiger partial charge in [0.2, 0.25) is 5.91 Å². The first kappa shape index (κ1) is 23.8. The molecule has 0 saturated heterocycles. The molecule has 1 aliphatic rings. The maximum atomic E-state index is 13.5. The summed E-state index contributed by atoms with van der Waals surface area (Å²) in [6, 6.07) is 15.7. The number of aryl methyl sites for hydroxylation is 3. The molecule has 1 N–H and O–H groups in total. The van der Waals surface area contributed by atoms with Crippen molar-refractivity contribution in [3.8, 4) is 0 Å². The SMILES string of the molecule is CCn1cnc2c1c(=O)n(CC(=O)N[C@@H](C)c1ccc3c(c1)CCCC3)c(=O)n2Cc1ccccc1. The third-order valence-corrected chi connectivity index (χ3v) is 7.06. The van der Waals surface area contributed by atoms with E-state index < -0.39 is 11.2 Å². The number of benzene rings is 2. The number of amides is 1. The average Bonchev–Trinajstić information content (AvgIpc) is 3.33. The van der Waals surface area contributed by atoms with E-state index in [1.165, 1.54) is 28.5 Å². The minimum Gasteiger partial charge on any atom is -0.348 e. The number of carbonyl (C=O) groups is 1. The Bertz CT molecular complexity index is 1530.